The first-order chi connectivity index (χ1) is 9.41. The van der Waals surface area contributed by atoms with Crippen molar-refractivity contribution < 1.29 is 8.42 Å². The summed E-state index contributed by atoms with van der Waals surface area (Å²) in [5.41, 5.74) is -0.372. The highest BCUT2D eigenvalue weighted by molar-refractivity contribution is 9.09. The lowest BCUT2D eigenvalue weighted by molar-refractivity contribution is 0.249. The molecule has 0 bridgehead atoms. The summed E-state index contributed by atoms with van der Waals surface area (Å²) in [5.74, 6) is 1.36. The summed E-state index contributed by atoms with van der Waals surface area (Å²) in [6, 6.07) is 0. The van der Waals surface area contributed by atoms with Gasteiger partial charge in [-0.15, -0.1) is 0 Å². The van der Waals surface area contributed by atoms with Gasteiger partial charge in [0.25, 0.3) is 10.0 Å². The molecule has 1 aliphatic carbocycles. The number of nitrogens with zero attached hydrogens (tertiary/aromatic N) is 1. The Bertz CT molecular complexity index is 548. The SMILES string of the molecule is CCc1ncc(S(=O)(=O)NC2(CBr)CCC(C)CC2)[nH]1. The molecule has 0 aliphatic heterocycles. The minimum Gasteiger partial charge on any atom is -0.332 e. The molecule has 0 spiro atoms. The Labute approximate surface area is 129 Å². The average Bonchev–Trinajstić information content (AvgIpc) is 2.91. The van der Waals surface area contributed by atoms with E-state index in [0.29, 0.717) is 23.5 Å². The van der Waals surface area contributed by atoms with Crippen LogP contribution in [0.3, 0.4) is 0 Å². The van der Waals surface area contributed by atoms with Crippen LogP contribution in [0.1, 0.15) is 45.4 Å². The number of halogens is 1. The summed E-state index contributed by atoms with van der Waals surface area (Å²) in [7, 11) is -3.54. The fraction of sp³-hybridized carbons (Fsp3) is 0.769. The Hall–Kier alpha value is -0.400. The minimum atomic E-state index is -3.54. The second kappa shape index (κ2) is 6.15. The summed E-state index contributed by atoms with van der Waals surface area (Å²) in [6.45, 7) is 4.15. The van der Waals surface area contributed by atoms with Crippen molar-refractivity contribution in [3.05, 3.63) is 12.0 Å². The van der Waals surface area contributed by atoms with Gasteiger partial charge in [-0.3, -0.25) is 0 Å². The Kier molecular flexibility index (Phi) is 4.92. The lowest BCUT2D eigenvalue weighted by Gasteiger charge is -2.38. The molecule has 1 aromatic rings. The Balaban J connectivity index is 2.17. The lowest BCUT2D eigenvalue weighted by Crippen LogP contribution is -2.51. The molecular weight excluding hydrogens is 342 g/mol. The molecule has 2 rings (SSSR count). The van der Waals surface area contributed by atoms with Crippen LogP contribution in [0.25, 0.3) is 0 Å². The van der Waals surface area contributed by atoms with Crippen molar-refractivity contribution in [2.45, 2.75) is 56.5 Å². The largest absolute Gasteiger partial charge is 0.332 e. The molecule has 0 unspecified atom stereocenters. The number of aromatic nitrogens is 2. The van der Waals surface area contributed by atoms with Gasteiger partial charge in [0.15, 0.2) is 5.03 Å². The molecule has 20 heavy (non-hydrogen) atoms. The van der Waals surface area contributed by atoms with Gasteiger partial charge in [0.05, 0.1) is 6.20 Å². The summed E-state index contributed by atoms with van der Waals surface area (Å²) < 4.78 is 27.8. The summed E-state index contributed by atoms with van der Waals surface area (Å²) in [5, 5.41) is 0.800. The Morgan fingerprint density at radius 3 is 2.65 bits per heavy atom. The van der Waals surface area contributed by atoms with Crippen molar-refractivity contribution in [2.24, 2.45) is 5.92 Å². The van der Waals surface area contributed by atoms with E-state index in [1.54, 1.807) is 0 Å². The van der Waals surface area contributed by atoms with Crippen LogP contribution < -0.4 is 4.72 Å². The first-order valence-corrected chi connectivity index (χ1v) is 9.65. The molecule has 0 saturated heterocycles. The minimum absolute atomic E-state index is 0.160. The predicted molar refractivity (Wildman–Crippen MR) is 82.4 cm³/mol. The molecule has 2 N–H and O–H groups in total. The van der Waals surface area contributed by atoms with Crippen LogP contribution in [-0.4, -0.2) is 29.3 Å². The third-order valence-corrected chi connectivity index (χ3v) is 6.63. The van der Waals surface area contributed by atoms with E-state index in [2.05, 4.69) is 37.5 Å². The van der Waals surface area contributed by atoms with Gasteiger partial charge in [-0.1, -0.05) is 29.8 Å². The van der Waals surface area contributed by atoms with Crippen molar-refractivity contribution in [1.82, 2.24) is 14.7 Å². The molecule has 0 radical (unpaired) electrons. The molecule has 1 fully saturated rings. The third-order valence-electron chi connectivity index (χ3n) is 4.07. The van der Waals surface area contributed by atoms with E-state index in [1.807, 2.05) is 6.92 Å². The molecule has 1 aromatic heterocycles. The molecule has 0 amide bonds. The quantitative estimate of drug-likeness (QED) is 0.789. The molecule has 0 aromatic carbocycles. The van der Waals surface area contributed by atoms with Crippen molar-refractivity contribution in [1.29, 1.82) is 0 Å². The first-order valence-electron chi connectivity index (χ1n) is 7.04. The van der Waals surface area contributed by atoms with Crippen LogP contribution in [-0.2, 0) is 16.4 Å². The lowest BCUT2D eigenvalue weighted by atomic mass is 9.79. The maximum Gasteiger partial charge on any atom is 0.258 e. The number of rotatable bonds is 5. The van der Waals surface area contributed by atoms with E-state index in [0.717, 1.165) is 25.7 Å². The zero-order valence-electron chi connectivity index (χ0n) is 11.9. The standard InChI is InChI=1S/C13H22BrN3O2S/c1-3-11-15-8-12(16-11)20(18,19)17-13(9-14)6-4-10(2)5-7-13/h8,10,17H,3-7,9H2,1-2H3,(H,15,16). The van der Waals surface area contributed by atoms with Gasteiger partial charge >= 0.3 is 0 Å². The van der Waals surface area contributed by atoms with Gasteiger partial charge in [-0.25, -0.2) is 18.1 Å². The van der Waals surface area contributed by atoms with E-state index in [4.69, 9.17) is 0 Å². The van der Waals surface area contributed by atoms with E-state index in [1.165, 1.54) is 6.20 Å². The van der Waals surface area contributed by atoms with E-state index >= 15 is 0 Å². The number of H-pyrrole nitrogens is 1. The van der Waals surface area contributed by atoms with Gasteiger partial charge in [-0.05, 0) is 31.6 Å². The van der Waals surface area contributed by atoms with Crippen molar-refractivity contribution >= 4 is 26.0 Å². The van der Waals surface area contributed by atoms with E-state index in [-0.39, 0.29) is 10.6 Å². The van der Waals surface area contributed by atoms with Gasteiger partial charge in [0.2, 0.25) is 0 Å². The number of alkyl halides is 1. The number of nitrogens with one attached hydrogen (secondary N) is 2. The van der Waals surface area contributed by atoms with Gasteiger partial charge in [-0.2, -0.15) is 0 Å². The summed E-state index contributed by atoms with van der Waals surface area (Å²) >= 11 is 3.48. The second-order valence-corrected chi connectivity index (χ2v) is 7.96. The fourth-order valence-electron chi connectivity index (χ4n) is 2.58. The first kappa shape index (κ1) is 16.0. The number of hydrogen-bond donors (Lipinski definition) is 2. The number of sulfonamides is 1. The highest BCUT2D eigenvalue weighted by Crippen LogP contribution is 2.34. The number of aryl methyl sites for hydroxylation is 1. The zero-order valence-corrected chi connectivity index (χ0v) is 14.3. The fourth-order valence-corrected chi connectivity index (χ4v) is 4.86. The molecule has 114 valence electrons. The number of hydrogen-bond acceptors (Lipinski definition) is 3. The maximum atomic E-state index is 12.5. The Morgan fingerprint density at radius 1 is 1.50 bits per heavy atom. The topological polar surface area (TPSA) is 74.8 Å². The maximum absolute atomic E-state index is 12.5. The summed E-state index contributed by atoms with van der Waals surface area (Å²) in [6.07, 6.45) is 5.93. The van der Waals surface area contributed by atoms with Gasteiger partial charge in [0, 0.05) is 17.3 Å². The molecule has 7 heteroatoms. The van der Waals surface area contributed by atoms with E-state index in [9.17, 15) is 8.42 Å². The van der Waals surface area contributed by atoms with Crippen LogP contribution in [0.4, 0.5) is 0 Å². The number of imidazole rings is 1. The second-order valence-electron chi connectivity index (χ2n) is 5.75. The third kappa shape index (κ3) is 3.43. The van der Waals surface area contributed by atoms with E-state index < -0.39 is 10.0 Å². The smallest absolute Gasteiger partial charge is 0.258 e. The zero-order chi connectivity index (χ0) is 14.8. The van der Waals surface area contributed by atoms with Crippen LogP contribution >= 0.6 is 15.9 Å². The van der Waals surface area contributed by atoms with Crippen LogP contribution in [0.15, 0.2) is 11.2 Å². The highest BCUT2D eigenvalue weighted by atomic mass is 79.9. The van der Waals surface area contributed by atoms with Gasteiger partial charge < -0.3 is 4.98 Å². The van der Waals surface area contributed by atoms with Crippen molar-refractivity contribution in [3.63, 3.8) is 0 Å². The average molecular weight is 364 g/mol. The summed E-state index contributed by atoms with van der Waals surface area (Å²) in [4.78, 5) is 6.93. The molecule has 1 aliphatic rings. The van der Waals surface area contributed by atoms with Crippen LogP contribution in [0.5, 0.6) is 0 Å². The molecule has 5 nitrogen and oxygen atoms in total. The van der Waals surface area contributed by atoms with Crippen LogP contribution in [0, 0.1) is 5.92 Å². The van der Waals surface area contributed by atoms with Gasteiger partial charge in [0.1, 0.15) is 5.82 Å². The molecule has 0 atom stereocenters. The normalized spacial score (nSPS) is 27.6. The Morgan fingerprint density at radius 2 is 2.15 bits per heavy atom. The molecular formula is C13H22BrN3O2S. The predicted octanol–water partition coefficient (Wildman–Crippen LogP) is 2.59. The monoisotopic (exact) mass is 363 g/mol. The number of aromatic amines is 1. The molecule has 1 saturated carbocycles. The highest BCUT2D eigenvalue weighted by Gasteiger charge is 2.37. The van der Waals surface area contributed by atoms with Crippen molar-refractivity contribution in [2.75, 3.05) is 5.33 Å². The van der Waals surface area contributed by atoms with Crippen LogP contribution in [0.2, 0.25) is 0 Å². The van der Waals surface area contributed by atoms with Crippen molar-refractivity contribution in [3.8, 4) is 0 Å². The molecule has 1 heterocycles.